The average Bonchev–Trinajstić information content (AvgIpc) is 2.33. The quantitative estimate of drug-likeness (QED) is 0.760. The molecule has 2 saturated carbocycles. The number of ether oxygens (including phenoxy) is 1. The summed E-state index contributed by atoms with van der Waals surface area (Å²) in [5.74, 6) is 0. The fraction of sp³-hybridized carbons (Fsp3) is 1.00. The Kier molecular flexibility index (Phi) is 4.97. The molecule has 0 saturated heterocycles. The molecule has 5 heteroatoms. The fourth-order valence-corrected chi connectivity index (χ4v) is 3.54. The van der Waals surface area contributed by atoms with Crippen LogP contribution in [0.3, 0.4) is 0 Å². The lowest BCUT2D eigenvalue weighted by Crippen LogP contribution is -2.34. The van der Waals surface area contributed by atoms with Gasteiger partial charge in [-0.15, -0.1) is 0 Å². The second-order valence-electron chi connectivity index (χ2n) is 5.35. The van der Waals surface area contributed by atoms with Crippen molar-refractivity contribution >= 4 is 11.1 Å². The molecule has 3 N–H and O–H groups in total. The first kappa shape index (κ1) is 13.5. The van der Waals surface area contributed by atoms with E-state index >= 15 is 0 Å². The van der Waals surface area contributed by atoms with Gasteiger partial charge in [-0.2, -0.15) is 0 Å². The van der Waals surface area contributed by atoms with Crippen LogP contribution in [-0.2, 0) is 15.8 Å². The summed E-state index contributed by atoms with van der Waals surface area (Å²) >= 11 is -1.65. The van der Waals surface area contributed by atoms with Gasteiger partial charge in [-0.25, -0.2) is 4.21 Å². The third-order valence-corrected chi connectivity index (χ3v) is 5.05. The zero-order valence-corrected chi connectivity index (χ0v) is 11.0. The summed E-state index contributed by atoms with van der Waals surface area (Å²) in [6.45, 7) is 0. The van der Waals surface area contributed by atoms with Crippen LogP contribution < -0.4 is 5.73 Å². The molecule has 1 atom stereocenters. The molecule has 4 nitrogen and oxygen atoms in total. The third-order valence-electron chi connectivity index (χ3n) is 4.01. The molecule has 2 aliphatic carbocycles. The van der Waals surface area contributed by atoms with Gasteiger partial charge < -0.3 is 15.0 Å². The average molecular weight is 261 g/mol. The molecule has 0 heterocycles. The standard InChI is InChI=1S/C12H23NO3S/c13-9-1-3-10(4-2-9)16-11-5-7-12(8-6-11)17(14)15/h9-12H,1-8,13H2,(H,14,15). The molecular weight excluding hydrogens is 238 g/mol. The summed E-state index contributed by atoms with van der Waals surface area (Å²) < 4.78 is 26.0. The molecule has 100 valence electrons. The smallest absolute Gasteiger partial charge is 0.155 e. The predicted octanol–water partition coefficient (Wildman–Crippen LogP) is 1.81. The van der Waals surface area contributed by atoms with Crippen molar-refractivity contribution in [3.8, 4) is 0 Å². The lowest BCUT2D eigenvalue weighted by Gasteiger charge is -2.33. The molecule has 0 aromatic carbocycles. The number of nitrogens with two attached hydrogens (primary N) is 1. The topological polar surface area (TPSA) is 72.5 Å². The van der Waals surface area contributed by atoms with Crippen molar-refractivity contribution in [3.05, 3.63) is 0 Å². The maximum absolute atomic E-state index is 10.9. The monoisotopic (exact) mass is 261 g/mol. The highest BCUT2D eigenvalue weighted by molar-refractivity contribution is 7.79. The first-order chi connectivity index (χ1) is 8.15. The first-order valence-electron chi connectivity index (χ1n) is 6.66. The lowest BCUT2D eigenvalue weighted by molar-refractivity contribution is -0.0464. The van der Waals surface area contributed by atoms with Crippen molar-refractivity contribution in [1.29, 1.82) is 0 Å². The van der Waals surface area contributed by atoms with Gasteiger partial charge in [0.05, 0.1) is 17.5 Å². The minimum atomic E-state index is -1.65. The SMILES string of the molecule is NC1CCC(OC2CCC(S(=O)O)CC2)CC1. The van der Waals surface area contributed by atoms with Crippen LogP contribution in [0.25, 0.3) is 0 Å². The van der Waals surface area contributed by atoms with E-state index in [0.717, 1.165) is 51.4 Å². The van der Waals surface area contributed by atoms with E-state index in [9.17, 15) is 4.21 Å². The molecule has 17 heavy (non-hydrogen) atoms. The van der Waals surface area contributed by atoms with E-state index in [1.54, 1.807) is 0 Å². The zero-order valence-electron chi connectivity index (χ0n) is 10.2. The van der Waals surface area contributed by atoms with E-state index in [4.69, 9.17) is 15.0 Å². The van der Waals surface area contributed by atoms with Crippen LogP contribution in [0.5, 0.6) is 0 Å². The molecule has 0 bridgehead atoms. The summed E-state index contributed by atoms with van der Waals surface area (Å²) in [6, 6.07) is 0.363. The van der Waals surface area contributed by atoms with E-state index in [1.807, 2.05) is 0 Å². The molecule has 0 aliphatic heterocycles. The summed E-state index contributed by atoms with van der Waals surface area (Å²) in [5, 5.41) is -0.0328. The highest BCUT2D eigenvalue weighted by Crippen LogP contribution is 2.28. The second-order valence-corrected chi connectivity index (χ2v) is 6.57. The minimum absolute atomic E-state index is 0.0328. The Morgan fingerprint density at radius 1 is 0.941 bits per heavy atom. The van der Waals surface area contributed by atoms with Crippen LogP contribution >= 0.6 is 0 Å². The second kappa shape index (κ2) is 6.27. The predicted molar refractivity (Wildman–Crippen MR) is 68.1 cm³/mol. The fourth-order valence-electron chi connectivity index (χ4n) is 2.87. The molecule has 0 spiro atoms. The molecular formula is C12H23NO3S. The molecule has 0 aromatic heterocycles. The van der Waals surface area contributed by atoms with E-state index in [1.165, 1.54) is 0 Å². The Labute approximate surface area is 106 Å². The van der Waals surface area contributed by atoms with E-state index in [0.29, 0.717) is 18.2 Å². The Balaban J connectivity index is 1.69. The molecule has 2 fully saturated rings. The van der Waals surface area contributed by atoms with Crippen molar-refractivity contribution in [3.63, 3.8) is 0 Å². The Morgan fingerprint density at radius 3 is 1.88 bits per heavy atom. The highest BCUT2D eigenvalue weighted by Gasteiger charge is 2.28. The normalized spacial score (nSPS) is 41.1. The van der Waals surface area contributed by atoms with Crippen LogP contribution in [0.1, 0.15) is 51.4 Å². The van der Waals surface area contributed by atoms with Gasteiger partial charge in [-0.05, 0) is 51.4 Å². The van der Waals surface area contributed by atoms with Gasteiger partial charge in [0.25, 0.3) is 0 Å². The maximum atomic E-state index is 10.9. The minimum Gasteiger partial charge on any atom is -0.375 e. The van der Waals surface area contributed by atoms with Crippen LogP contribution in [-0.4, -0.2) is 32.3 Å². The van der Waals surface area contributed by atoms with Crippen LogP contribution in [0.15, 0.2) is 0 Å². The Bertz CT molecular complexity index is 258. The van der Waals surface area contributed by atoms with Crippen molar-refractivity contribution in [1.82, 2.24) is 0 Å². The summed E-state index contributed by atoms with van der Waals surface area (Å²) in [6.07, 6.45) is 8.46. The zero-order chi connectivity index (χ0) is 12.3. The van der Waals surface area contributed by atoms with Gasteiger partial charge >= 0.3 is 0 Å². The van der Waals surface area contributed by atoms with E-state index < -0.39 is 11.1 Å². The van der Waals surface area contributed by atoms with E-state index in [2.05, 4.69) is 0 Å². The summed E-state index contributed by atoms with van der Waals surface area (Å²) in [4.78, 5) is 0. The highest BCUT2D eigenvalue weighted by atomic mass is 32.2. The largest absolute Gasteiger partial charge is 0.375 e. The van der Waals surface area contributed by atoms with Crippen molar-refractivity contribution < 1.29 is 13.5 Å². The molecule has 0 amide bonds. The van der Waals surface area contributed by atoms with E-state index in [-0.39, 0.29) is 5.25 Å². The Hall–Kier alpha value is 0.0300. The van der Waals surface area contributed by atoms with Crippen molar-refractivity contribution in [2.75, 3.05) is 0 Å². The molecule has 2 rings (SSSR count). The maximum Gasteiger partial charge on any atom is 0.155 e. The first-order valence-corrected chi connectivity index (χ1v) is 7.83. The van der Waals surface area contributed by atoms with Crippen LogP contribution in [0.4, 0.5) is 0 Å². The van der Waals surface area contributed by atoms with Gasteiger partial charge in [0.2, 0.25) is 0 Å². The third kappa shape index (κ3) is 4.02. The van der Waals surface area contributed by atoms with Gasteiger partial charge in [-0.1, -0.05) is 0 Å². The number of hydrogen-bond donors (Lipinski definition) is 2. The van der Waals surface area contributed by atoms with Gasteiger partial charge in [0, 0.05) is 6.04 Å². The van der Waals surface area contributed by atoms with Crippen LogP contribution in [0, 0.1) is 0 Å². The van der Waals surface area contributed by atoms with Crippen molar-refractivity contribution in [2.24, 2.45) is 5.73 Å². The molecule has 1 unspecified atom stereocenters. The van der Waals surface area contributed by atoms with Gasteiger partial charge in [0.1, 0.15) is 0 Å². The van der Waals surface area contributed by atoms with Gasteiger partial charge in [-0.3, -0.25) is 0 Å². The molecule has 2 aliphatic rings. The summed E-state index contributed by atoms with van der Waals surface area (Å²) in [7, 11) is 0. The van der Waals surface area contributed by atoms with Crippen LogP contribution in [0.2, 0.25) is 0 Å². The number of rotatable bonds is 3. The van der Waals surface area contributed by atoms with Gasteiger partial charge in [0.15, 0.2) is 11.1 Å². The lowest BCUT2D eigenvalue weighted by atomic mass is 9.92. The molecule has 0 radical (unpaired) electrons. The summed E-state index contributed by atoms with van der Waals surface area (Å²) in [5.41, 5.74) is 5.86. The molecule has 0 aromatic rings. The number of hydrogen-bond acceptors (Lipinski definition) is 3. The Morgan fingerprint density at radius 2 is 1.41 bits per heavy atom. The van der Waals surface area contributed by atoms with Crippen molar-refractivity contribution in [2.45, 2.75) is 74.9 Å².